The predicted octanol–water partition coefficient (Wildman–Crippen LogP) is 1.88. The fourth-order valence-electron chi connectivity index (χ4n) is 2.29. The van der Waals surface area contributed by atoms with Crippen LogP contribution in [0.1, 0.15) is 11.3 Å². The largest absolute Gasteiger partial charge is 0.348 e. The van der Waals surface area contributed by atoms with Crippen LogP contribution in [0.3, 0.4) is 0 Å². The first kappa shape index (κ1) is 11.0. The van der Waals surface area contributed by atoms with Gasteiger partial charge in [-0.25, -0.2) is 0 Å². The van der Waals surface area contributed by atoms with Crippen LogP contribution in [0.2, 0.25) is 0 Å². The van der Waals surface area contributed by atoms with Crippen LogP contribution in [-0.2, 0) is 20.1 Å². The van der Waals surface area contributed by atoms with E-state index >= 15 is 0 Å². The average Bonchev–Trinajstić information content (AvgIpc) is 2.97. The molecule has 2 aromatic heterocycles. The summed E-state index contributed by atoms with van der Waals surface area (Å²) in [4.78, 5) is 0. The number of para-hydroxylation sites is 1. The molecular formula is C14H16N4. The van der Waals surface area contributed by atoms with Gasteiger partial charge in [0.15, 0.2) is 0 Å². The van der Waals surface area contributed by atoms with Crippen molar-refractivity contribution in [3.8, 4) is 0 Å². The van der Waals surface area contributed by atoms with Crippen molar-refractivity contribution in [2.45, 2.75) is 13.1 Å². The third kappa shape index (κ3) is 1.80. The van der Waals surface area contributed by atoms with Crippen LogP contribution in [0, 0.1) is 0 Å². The Labute approximate surface area is 106 Å². The maximum absolute atomic E-state index is 5.62. The molecule has 0 amide bonds. The lowest BCUT2D eigenvalue weighted by Crippen LogP contribution is -2.00. The molecule has 0 saturated carbocycles. The molecule has 0 saturated heterocycles. The maximum Gasteiger partial charge on any atom is 0.0900 e. The normalized spacial score (nSPS) is 11.2. The Bertz CT molecular complexity index is 678. The van der Waals surface area contributed by atoms with Gasteiger partial charge in [-0.1, -0.05) is 18.2 Å². The van der Waals surface area contributed by atoms with Gasteiger partial charge >= 0.3 is 0 Å². The minimum Gasteiger partial charge on any atom is -0.348 e. The number of aromatic nitrogens is 3. The van der Waals surface area contributed by atoms with E-state index in [9.17, 15) is 0 Å². The van der Waals surface area contributed by atoms with Crippen LogP contribution in [0.4, 0.5) is 0 Å². The summed E-state index contributed by atoms with van der Waals surface area (Å²) >= 11 is 0. The summed E-state index contributed by atoms with van der Waals surface area (Å²) in [7, 11) is 1.98. The summed E-state index contributed by atoms with van der Waals surface area (Å²) < 4.78 is 4.05. The van der Waals surface area contributed by atoms with Gasteiger partial charge in [0.2, 0.25) is 0 Å². The van der Waals surface area contributed by atoms with E-state index < -0.39 is 0 Å². The van der Waals surface area contributed by atoms with E-state index in [2.05, 4.69) is 34.1 Å². The van der Waals surface area contributed by atoms with Crippen molar-refractivity contribution >= 4 is 10.9 Å². The van der Waals surface area contributed by atoms with E-state index in [0.29, 0.717) is 6.54 Å². The zero-order chi connectivity index (χ0) is 12.5. The second kappa shape index (κ2) is 4.31. The number of hydrogen-bond acceptors (Lipinski definition) is 2. The number of fused-ring (bicyclic) bond motifs is 1. The first-order chi connectivity index (χ1) is 8.78. The highest BCUT2D eigenvalue weighted by atomic mass is 15.3. The van der Waals surface area contributed by atoms with Crippen molar-refractivity contribution in [1.82, 2.24) is 14.3 Å². The third-order valence-electron chi connectivity index (χ3n) is 3.21. The average molecular weight is 240 g/mol. The molecule has 1 aromatic carbocycles. The molecule has 0 aliphatic rings. The van der Waals surface area contributed by atoms with Gasteiger partial charge in [-0.3, -0.25) is 4.68 Å². The van der Waals surface area contributed by atoms with Crippen molar-refractivity contribution in [2.24, 2.45) is 12.8 Å². The van der Waals surface area contributed by atoms with E-state index in [4.69, 9.17) is 5.73 Å². The Morgan fingerprint density at radius 3 is 2.83 bits per heavy atom. The van der Waals surface area contributed by atoms with Crippen molar-refractivity contribution < 1.29 is 0 Å². The molecule has 4 heteroatoms. The first-order valence-corrected chi connectivity index (χ1v) is 6.03. The summed E-state index contributed by atoms with van der Waals surface area (Å²) in [5, 5.41) is 5.80. The van der Waals surface area contributed by atoms with Gasteiger partial charge in [-0.05, 0) is 17.7 Å². The van der Waals surface area contributed by atoms with Crippen LogP contribution in [0.25, 0.3) is 10.9 Å². The molecule has 3 rings (SSSR count). The molecule has 0 aliphatic heterocycles. The number of nitrogens with zero attached hydrogens (tertiary/aromatic N) is 3. The minimum atomic E-state index is 0.579. The number of nitrogens with two attached hydrogens (primary N) is 1. The fourth-order valence-corrected chi connectivity index (χ4v) is 2.29. The van der Waals surface area contributed by atoms with E-state index in [1.165, 1.54) is 10.9 Å². The zero-order valence-electron chi connectivity index (χ0n) is 10.4. The fraction of sp³-hybridized carbons (Fsp3) is 0.214. The van der Waals surface area contributed by atoms with Crippen LogP contribution in [0.15, 0.2) is 42.7 Å². The number of hydrogen-bond donors (Lipinski definition) is 1. The summed E-state index contributed by atoms with van der Waals surface area (Å²) in [6.45, 7) is 1.36. The first-order valence-electron chi connectivity index (χ1n) is 6.03. The highest BCUT2D eigenvalue weighted by Gasteiger charge is 2.08. The molecule has 18 heavy (non-hydrogen) atoms. The molecule has 3 aromatic rings. The lowest BCUT2D eigenvalue weighted by Gasteiger charge is -1.99. The predicted molar refractivity (Wildman–Crippen MR) is 72.1 cm³/mol. The molecule has 0 spiro atoms. The third-order valence-corrected chi connectivity index (χ3v) is 3.21. The maximum atomic E-state index is 5.62. The van der Waals surface area contributed by atoms with Gasteiger partial charge in [0, 0.05) is 31.4 Å². The highest BCUT2D eigenvalue weighted by molar-refractivity contribution is 5.81. The Hall–Kier alpha value is -2.07. The van der Waals surface area contributed by atoms with Gasteiger partial charge in [-0.2, -0.15) is 5.10 Å². The van der Waals surface area contributed by atoms with Gasteiger partial charge in [-0.15, -0.1) is 0 Å². The zero-order valence-corrected chi connectivity index (χ0v) is 10.4. The van der Waals surface area contributed by atoms with E-state index in [0.717, 1.165) is 17.8 Å². The lowest BCUT2D eigenvalue weighted by molar-refractivity contribution is 0.720. The minimum absolute atomic E-state index is 0.579. The highest BCUT2D eigenvalue weighted by Crippen LogP contribution is 2.18. The van der Waals surface area contributed by atoms with E-state index in [-0.39, 0.29) is 0 Å². The molecule has 0 fully saturated rings. The lowest BCUT2D eigenvalue weighted by atomic mass is 10.2. The van der Waals surface area contributed by atoms with Crippen LogP contribution in [-0.4, -0.2) is 14.3 Å². The monoisotopic (exact) mass is 240 g/mol. The van der Waals surface area contributed by atoms with Gasteiger partial charge in [0.05, 0.1) is 17.8 Å². The standard InChI is InChI=1S/C14H16N4/c1-17-14-5-3-2-4-12(14)13(16-17)10-18-7-6-11(8-15)9-18/h2-7,9H,8,10,15H2,1H3. The molecule has 0 radical (unpaired) electrons. The molecule has 0 bridgehead atoms. The second-order valence-electron chi connectivity index (χ2n) is 4.48. The van der Waals surface area contributed by atoms with Crippen LogP contribution >= 0.6 is 0 Å². The van der Waals surface area contributed by atoms with Crippen LogP contribution in [0.5, 0.6) is 0 Å². The topological polar surface area (TPSA) is 48.8 Å². The Morgan fingerprint density at radius 2 is 2.06 bits per heavy atom. The Kier molecular flexibility index (Phi) is 2.64. The molecule has 0 unspecified atom stereocenters. The SMILES string of the molecule is Cn1nc(Cn2ccc(CN)c2)c2ccccc21. The number of aryl methyl sites for hydroxylation is 1. The van der Waals surface area contributed by atoms with E-state index in [1.807, 2.05) is 30.1 Å². The summed E-state index contributed by atoms with van der Waals surface area (Å²) in [5.74, 6) is 0. The van der Waals surface area contributed by atoms with Gasteiger partial charge < -0.3 is 10.3 Å². The molecule has 0 atom stereocenters. The second-order valence-corrected chi connectivity index (χ2v) is 4.48. The summed E-state index contributed by atoms with van der Waals surface area (Å²) in [6, 6.07) is 10.3. The summed E-state index contributed by atoms with van der Waals surface area (Å²) in [5.41, 5.74) is 9.02. The quantitative estimate of drug-likeness (QED) is 0.760. The van der Waals surface area contributed by atoms with Crippen molar-refractivity contribution in [2.75, 3.05) is 0 Å². The summed E-state index contributed by atoms with van der Waals surface area (Å²) in [6.07, 6.45) is 4.12. The Morgan fingerprint density at radius 1 is 1.22 bits per heavy atom. The molecule has 4 nitrogen and oxygen atoms in total. The van der Waals surface area contributed by atoms with E-state index in [1.54, 1.807) is 0 Å². The Balaban J connectivity index is 1.99. The molecular weight excluding hydrogens is 224 g/mol. The van der Waals surface area contributed by atoms with Crippen molar-refractivity contribution in [3.05, 3.63) is 54.0 Å². The van der Waals surface area contributed by atoms with Crippen molar-refractivity contribution in [3.63, 3.8) is 0 Å². The molecule has 2 N–H and O–H groups in total. The van der Waals surface area contributed by atoms with Gasteiger partial charge in [0.25, 0.3) is 0 Å². The van der Waals surface area contributed by atoms with Crippen molar-refractivity contribution in [1.29, 1.82) is 0 Å². The molecule has 0 aliphatic carbocycles. The molecule has 92 valence electrons. The number of rotatable bonds is 3. The smallest absolute Gasteiger partial charge is 0.0900 e. The van der Waals surface area contributed by atoms with Gasteiger partial charge in [0.1, 0.15) is 0 Å². The van der Waals surface area contributed by atoms with Crippen LogP contribution < -0.4 is 5.73 Å². The molecule has 2 heterocycles. The number of benzene rings is 1.